The Labute approximate surface area is 185 Å². The lowest BCUT2D eigenvalue weighted by molar-refractivity contribution is -0.137. The molecule has 4 rings (SSSR count). The van der Waals surface area contributed by atoms with Crippen LogP contribution in [0.25, 0.3) is 0 Å². The molecule has 1 heterocycles. The number of ether oxygens (including phenoxy) is 2. The van der Waals surface area contributed by atoms with Gasteiger partial charge in [0.25, 0.3) is 0 Å². The van der Waals surface area contributed by atoms with E-state index in [1.807, 2.05) is 29.2 Å². The van der Waals surface area contributed by atoms with Crippen molar-refractivity contribution < 1.29 is 22.6 Å². The van der Waals surface area contributed by atoms with Crippen LogP contribution in [0.4, 0.5) is 24.5 Å². The second kappa shape index (κ2) is 9.51. The van der Waals surface area contributed by atoms with Crippen LogP contribution in [0.5, 0.6) is 11.5 Å². The van der Waals surface area contributed by atoms with Crippen LogP contribution in [0.3, 0.4) is 0 Å². The zero-order valence-corrected chi connectivity index (χ0v) is 17.8. The van der Waals surface area contributed by atoms with Crippen molar-refractivity contribution in [2.24, 2.45) is 0 Å². The molecule has 1 aliphatic rings. The second-order valence-corrected chi connectivity index (χ2v) is 7.85. The van der Waals surface area contributed by atoms with Gasteiger partial charge in [-0.2, -0.15) is 13.2 Å². The Morgan fingerprint density at radius 2 is 1.75 bits per heavy atom. The van der Waals surface area contributed by atoms with E-state index in [0.717, 1.165) is 43.4 Å². The van der Waals surface area contributed by atoms with Crippen molar-refractivity contribution >= 4 is 11.4 Å². The van der Waals surface area contributed by atoms with Crippen molar-refractivity contribution in [3.05, 3.63) is 78.1 Å². The average molecular weight is 442 g/mol. The molecule has 7 heteroatoms. The van der Waals surface area contributed by atoms with Gasteiger partial charge in [0.1, 0.15) is 0 Å². The lowest BCUT2D eigenvalue weighted by Crippen LogP contribution is -2.18. The minimum atomic E-state index is -4.42. The van der Waals surface area contributed by atoms with Crippen LogP contribution in [0.15, 0.2) is 67.0 Å². The van der Waals surface area contributed by atoms with E-state index in [2.05, 4.69) is 4.98 Å². The van der Waals surface area contributed by atoms with E-state index in [4.69, 9.17) is 9.47 Å². The Balaban J connectivity index is 1.74. The van der Waals surface area contributed by atoms with Crippen molar-refractivity contribution in [3.63, 3.8) is 0 Å². The fourth-order valence-corrected chi connectivity index (χ4v) is 3.97. The summed E-state index contributed by atoms with van der Waals surface area (Å²) in [4.78, 5) is 5.97. The molecular formula is C25H25F3N2O2. The van der Waals surface area contributed by atoms with Crippen LogP contribution in [-0.4, -0.2) is 18.2 Å². The van der Waals surface area contributed by atoms with Gasteiger partial charge in [0.05, 0.1) is 18.8 Å². The highest BCUT2D eigenvalue weighted by Gasteiger charge is 2.31. The Bertz CT molecular complexity index is 1030. The number of halogens is 3. The van der Waals surface area contributed by atoms with Crippen molar-refractivity contribution in [3.8, 4) is 11.5 Å². The first-order chi connectivity index (χ1) is 15.4. The molecule has 0 bridgehead atoms. The van der Waals surface area contributed by atoms with E-state index in [0.29, 0.717) is 29.4 Å². The number of methoxy groups -OCH3 is 1. The summed E-state index contributed by atoms with van der Waals surface area (Å²) < 4.78 is 51.8. The number of hydrogen-bond acceptors (Lipinski definition) is 4. The van der Waals surface area contributed by atoms with Gasteiger partial charge in [0.2, 0.25) is 0 Å². The summed E-state index contributed by atoms with van der Waals surface area (Å²) in [6.45, 7) is 0.352. The van der Waals surface area contributed by atoms with E-state index in [1.165, 1.54) is 6.07 Å². The zero-order valence-electron chi connectivity index (χ0n) is 17.8. The highest BCUT2D eigenvalue weighted by molar-refractivity contribution is 5.67. The molecule has 0 amide bonds. The van der Waals surface area contributed by atoms with E-state index in [9.17, 15) is 13.2 Å². The first-order valence-electron chi connectivity index (χ1n) is 10.6. The third-order valence-electron chi connectivity index (χ3n) is 5.60. The number of aromatic nitrogens is 1. The van der Waals surface area contributed by atoms with Gasteiger partial charge in [-0.1, -0.05) is 12.1 Å². The van der Waals surface area contributed by atoms with Gasteiger partial charge in [-0.3, -0.25) is 4.98 Å². The standard InChI is InChI=1S/C25H25F3N2O2/c1-31-23-12-11-21(15-24(23)32-22-9-2-3-10-22)30(17-18-6-5-13-29-16-18)20-8-4-7-19(14-20)25(26,27)28/h4-8,11-16,22H,2-3,9-10,17H2,1H3. The number of benzene rings is 2. The number of nitrogens with zero attached hydrogens (tertiary/aromatic N) is 2. The topological polar surface area (TPSA) is 34.6 Å². The van der Waals surface area contributed by atoms with Crippen LogP contribution in [0, 0.1) is 0 Å². The molecule has 1 fully saturated rings. The second-order valence-electron chi connectivity index (χ2n) is 7.85. The Hall–Kier alpha value is -3.22. The highest BCUT2D eigenvalue weighted by Crippen LogP contribution is 2.39. The van der Waals surface area contributed by atoms with Crippen molar-refractivity contribution in [1.82, 2.24) is 4.98 Å². The van der Waals surface area contributed by atoms with Gasteiger partial charge >= 0.3 is 6.18 Å². The quantitative estimate of drug-likeness (QED) is 0.404. The first kappa shape index (κ1) is 22.0. The van der Waals surface area contributed by atoms with E-state index in [-0.39, 0.29) is 6.10 Å². The van der Waals surface area contributed by atoms with Crippen molar-refractivity contribution in [2.45, 2.75) is 44.5 Å². The number of alkyl halides is 3. The summed E-state index contributed by atoms with van der Waals surface area (Å²) in [7, 11) is 1.58. The predicted molar refractivity (Wildman–Crippen MR) is 117 cm³/mol. The third kappa shape index (κ3) is 5.15. The molecule has 0 aliphatic heterocycles. The van der Waals surface area contributed by atoms with Gasteiger partial charge in [-0.25, -0.2) is 0 Å². The summed E-state index contributed by atoms with van der Waals surface area (Å²) in [6, 6.07) is 14.5. The monoisotopic (exact) mass is 442 g/mol. The van der Waals surface area contributed by atoms with Crippen molar-refractivity contribution in [2.75, 3.05) is 12.0 Å². The Kier molecular flexibility index (Phi) is 6.53. The molecule has 168 valence electrons. The molecule has 4 nitrogen and oxygen atoms in total. The highest BCUT2D eigenvalue weighted by atomic mass is 19.4. The number of pyridine rings is 1. The maximum Gasteiger partial charge on any atom is 0.416 e. The molecule has 2 aromatic carbocycles. The zero-order chi connectivity index (χ0) is 22.6. The molecule has 1 aromatic heterocycles. The van der Waals surface area contributed by atoms with Crippen LogP contribution in [-0.2, 0) is 12.7 Å². The number of rotatable bonds is 7. The van der Waals surface area contributed by atoms with Gasteiger partial charge < -0.3 is 14.4 Å². The van der Waals surface area contributed by atoms with Gasteiger partial charge in [-0.15, -0.1) is 0 Å². The minimum Gasteiger partial charge on any atom is -0.493 e. The smallest absolute Gasteiger partial charge is 0.416 e. The van der Waals surface area contributed by atoms with Gasteiger partial charge in [-0.05, 0) is 67.6 Å². The van der Waals surface area contributed by atoms with Gasteiger partial charge in [0, 0.05) is 36.4 Å². The molecule has 32 heavy (non-hydrogen) atoms. The molecule has 0 unspecified atom stereocenters. The molecule has 0 radical (unpaired) electrons. The largest absolute Gasteiger partial charge is 0.493 e. The normalized spacial score (nSPS) is 14.4. The summed E-state index contributed by atoms with van der Waals surface area (Å²) >= 11 is 0. The summed E-state index contributed by atoms with van der Waals surface area (Å²) in [6.07, 6.45) is 3.31. The Morgan fingerprint density at radius 3 is 2.44 bits per heavy atom. The van der Waals surface area contributed by atoms with E-state index < -0.39 is 11.7 Å². The third-order valence-corrected chi connectivity index (χ3v) is 5.60. The molecule has 0 N–H and O–H groups in total. The van der Waals surface area contributed by atoms with Crippen LogP contribution in [0.1, 0.15) is 36.8 Å². The Morgan fingerprint density at radius 1 is 0.969 bits per heavy atom. The lowest BCUT2D eigenvalue weighted by atomic mass is 10.1. The van der Waals surface area contributed by atoms with Crippen LogP contribution < -0.4 is 14.4 Å². The fourth-order valence-electron chi connectivity index (χ4n) is 3.97. The summed E-state index contributed by atoms with van der Waals surface area (Å²) in [5.41, 5.74) is 1.32. The van der Waals surface area contributed by atoms with Crippen LogP contribution in [0.2, 0.25) is 0 Å². The SMILES string of the molecule is COc1ccc(N(Cc2cccnc2)c2cccc(C(F)(F)F)c2)cc1OC1CCCC1. The van der Waals surface area contributed by atoms with E-state index >= 15 is 0 Å². The lowest BCUT2D eigenvalue weighted by Gasteiger charge is -2.27. The number of hydrogen-bond donors (Lipinski definition) is 0. The molecule has 1 saturated carbocycles. The molecule has 3 aromatic rings. The molecule has 0 atom stereocenters. The molecule has 0 spiro atoms. The predicted octanol–water partition coefficient (Wildman–Crippen LogP) is 6.77. The molecular weight excluding hydrogens is 417 g/mol. The summed E-state index contributed by atoms with van der Waals surface area (Å²) in [5, 5.41) is 0. The maximum absolute atomic E-state index is 13.4. The average Bonchev–Trinajstić information content (AvgIpc) is 3.31. The first-order valence-corrected chi connectivity index (χ1v) is 10.6. The minimum absolute atomic E-state index is 0.125. The van der Waals surface area contributed by atoms with E-state index in [1.54, 1.807) is 31.6 Å². The molecule has 0 saturated heterocycles. The molecule has 1 aliphatic carbocycles. The fraction of sp³-hybridized carbons (Fsp3) is 0.320. The maximum atomic E-state index is 13.4. The van der Waals surface area contributed by atoms with Crippen LogP contribution >= 0.6 is 0 Å². The summed E-state index contributed by atoms with van der Waals surface area (Å²) in [5.74, 6) is 1.20. The van der Waals surface area contributed by atoms with Crippen molar-refractivity contribution in [1.29, 1.82) is 0 Å². The number of anilines is 2. The van der Waals surface area contributed by atoms with Gasteiger partial charge in [0.15, 0.2) is 11.5 Å².